The maximum absolute atomic E-state index is 12.7. The summed E-state index contributed by atoms with van der Waals surface area (Å²) in [5, 5.41) is 0.256. The first kappa shape index (κ1) is 22.5. The molecule has 1 heterocycles. The Balaban J connectivity index is 1.82. The van der Waals surface area contributed by atoms with Crippen LogP contribution in [0.5, 0.6) is 5.75 Å². The molecular weight excluding hydrogens is 473 g/mol. The van der Waals surface area contributed by atoms with Crippen molar-refractivity contribution in [3.63, 3.8) is 0 Å². The highest BCUT2D eigenvalue weighted by Crippen LogP contribution is 2.39. The van der Waals surface area contributed by atoms with Gasteiger partial charge in [-0.3, -0.25) is 9.59 Å². The van der Waals surface area contributed by atoms with E-state index < -0.39 is 17.1 Å². The van der Waals surface area contributed by atoms with Crippen LogP contribution in [0, 0.1) is 0 Å². The van der Waals surface area contributed by atoms with Gasteiger partial charge in [-0.1, -0.05) is 40.9 Å². The van der Waals surface area contributed by atoms with Crippen molar-refractivity contribution in [2.45, 2.75) is 6.92 Å². The van der Waals surface area contributed by atoms with Crippen LogP contribution in [-0.4, -0.2) is 30.3 Å². The molecule has 0 N–H and O–H groups in total. The summed E-state index contributed by atoms with van der Waals surface area (Å²) in [6.07, 6.45) is 1.50. The smallest absolute Gasteiger partial charge is 0.344 e. The van der Waals surface area contributed by atoms with Gasteiger partial charge in [-0.15, -0.1) is 0 Å². The summed E-state index contributed by atoms with van der Waals surface area (Å²) in [6.45, 7) is 1.57. The van der Waals surface area contributed by atoms with Crippen LogP contribution in [-0.2, 0) is 14.3 Å². The average molecular weight is 487 g/mol. The fraction of sp³-hybridized carbons (Fsp3) is 0.150. The standard InChI is InChI=1S/C20H14Cl3NO5S/c1-2-28-17(25)10-29-18-14(22)6-11(7-15(18)23)8-16-19(26)24(20(27)30-16)13-5-3-4-12(21)9-13/h3-9H,2,10H2,1H3/b16-8+. The predicted octanol–water partition coefficient (Wildman–Crippen LogP) is 5.83. The summed E-state index contributed by atoms with van der Waals surface area (Å²) in [5.41, 5.74) is 0.872. The minimum absolute atomic E-state index is 0.121. The van der Waals surface area contributed by atoms with Crippen molar-refractivity contribution in [3.8, 4) is 5.75 Å². The Morgan fingerprint density at radius 3 is 2.47 bits per heavy atom. The molecule has 6 nitrogen and oxygen atoms in total. The van der Waals surface area contributed by atoms with Crippen LogP contribution in [0.4, 0.5) is 10.5 Å². The number of benzene rings is 2. The first-order chi connectivity index (χ1) is 14.3. The third kappa shape index (κ3) is 5.10. The van der Waals surface area contributed by atoms with Gasteiger partial charge in [0.05, 0.1) is 27.2 Å². The van der Waals surface area contributed by atoms with Gasteiger partial charge in [0.2, 0.25) is 0 Å². The molecule has 0 spiro atoms. The molecule has 0 radical (unpaired) electrons. The second-order valence-corrected chi connectivity index (χ2v) is 8.15. The molecule has 0 saturated carbocycles. The van der Waals surface area contributed by atoms with Crippen LogP contribution in [0.15, 0.2) is 41.3 Å². The summed E-state index contributed by atoms with van der Waals surface area (Å²) in [6, 6.07) is 9.48. The number of ether oxygens (including phenoxy) is 2. The molecule has 1 aliphatic heterocycles. The molecule has 156 valence electrons. The van der Waals surface area contributed by atoms with Crippen LogP contribution in [0.25, 0.3) is 6.08 Å². The number of imide groups is 1. The number of amides is 2. The second kappa shape index (κ2) is 9.75. The van der Waals surface area contributed by atoms with Crippen molar-refractivity contribution in [2.24, 2.45) is 0 Å². The molecule has 0 bridgehead atoms. The number of carbonyl (C=O) groups excluding carboxylic acids is 3. The number of thioether (sulfide) groups is 1. The fourth-order valence-electron chi connectivity index (χ4n) is 2.59. The normalized spacial score (nSPS) is 15.1. The zero-order valence-corrected chi connectivity index (χ0v) is 18.6. The Hall–Kier alpha value is -2.19. The maximum Gasteiger partial charge on any atom is 0.344 e. The average Bonchev–Trinajstić information content (AvgIpc) is 2.94. The molecule has 0 unspecified atom stereocenters. The summed E-state index contributed by atoms with van der Waals surface area (Å²) >= 11 is 19.2. The molecule has 0 aromatic heterocycles. The van der Waals surface area contributed by atoms with Crippen LogP contribution in [0.3, 0.4) is 0 Å². The number of hydrogen-bond donors (Lipinski definition) is 0. The lowest BCUT2D eigenvalue weighted by Crippen LogP contribution is -2.27. The van der Waals surface area contributed by atoms with Crippen LogP contribution in [0.1, 0.15) is 12.5 Å². The van der Waals surface area contributed by atoms with Gasteiger partial charge in [0.1, 0.15) is 0 Å². The quantitative estimate of drug-likeness (QED) is 0.378. The van der Waals surface area contributed by atoms with Crippen molar-refractivity contribution in [1.29, 1.82) is 0 Å². The summed E-state index contributed by atoms with van der Waals surface area (Å²) in [4.78, 5) is 37.8. The maximum atomic E-state index is 12.7. The molecule has 0 aliphatic carbocycles. The third-order valence-electron chi connectivity index (χ3n) is 3.82. The van der Waals surface area contributed by atoms with E-state index in [1.807, 2.05) is 0 Å². The van der Waals surface area contributed by atoms with E-state index in [0.717, 1.165) is 16.7 Å². The summed E-state index contributed by atoms with van der Waals surface area (Å²) in [7, 11) is 0. The molecule has 1 saturated heterocycles. The van der Waals surface area contributed by atoms with Gasteiger partial charge in [0, 0.05) is 5.02 Å². The van der Waals surface area contributed by atoms with Gasteiger partial charge in [-0.25, -0.2) is 9.69 Å². The van der Waals surface area contributed by atoms with E-state index in [4.69, 9.17) is 44.3 Å². The monoisotopic (exact) mass is 485 g/mol. The molecule has 0 atom stereocenters. The summed E-state index contributed by atoms with van der Waals surface area (Å²) < 4.78 is 10.1. The molecule has 2 aromatic carbocycles. The van der Waals surface area contributed by atoms with Gasteiger partial charge in [0.25, 0.3) is 11.1 Å². The zero-order chi connectivity index (χ0) is 21.8. The van der Waals surface area contributed by atoms with Crippen LogP contribution in [0.2, 0.25) is 15.1 Å². The molecule has 10 heteroatoms. The van der Waals surface area contributed by atoms with E-state index in [1.54, 1.807) is 25.1 Å². The molecular formula is C20H14Cl3NO5S. The number of rotatable bonds is 6. The van der Waals surface area contributed by atoms with Crippen LogP contribution < -0.4 is 9.64 Å². The molecule has 30 heavy (non-hydrogen) atoms. The van der Waals surface area contributed by atoms with E-state index in [9.17, 15) is 14.4 Å². The molecule has 1 aliphatic rings. The van der Waals surface area contributed by atoms with E-state index >= 15 is 0 Å². The number of carbonyl (C=O) groups is 3. The van der Waals surface area contributed by atoms with Crippen LogP contribution >= 0.6 is 46.6 Å². The first-order valence-corrected chi connectivity index (χ1v) is 10.6. The van der Waals surface area contributed by atoms with Crippen molar-refractivity contribution >= 4 is 75.4 Å². The molecule has 2 amide bonds. The Bertz CT molecular complexity index is 1030. The Labute approximate surface area is 191 Å². The largest absolute Gasteiger partial charge is 0.479 e. The minimum atomic E-state index is -0.552. The van der Waals surface area contributed by atoms with Gasteiger partial charge in [-0.05, 0) is 60.7 Å². The fourth-order valence-corrected chi connectivity index (χ4v) is 4.23. The third-order valence-corrected chi connectivity index (χ3v) is 5.48. The van der Waals surface area contributed by atoms with Gasteiger partial charge < -0.3 is 9.47 Å². The second-order valence-electron chi connectivity index (χ2n) is 5.90. The molecule has 2 aromatic rings. The van der Waals surface area contributed by atoms with Gasteiger partial charge in [-0.2, -0.15) is 0 Å². The van der Waals surface area contributed by atoms with Crippen molar-refractivity contribution in [3.05, 3.63) is 61.9 Å². The summed E-state index contributed by atoms with van der Waals surface area (Å²) in [5.74, 6) is -0.916. The van der Waals surface area contributed by atoms with E-state index in [-0.39, 0.29) is 33.9 Å². The predicted molar refractivity (Wildman–Crippen MR) is 118 cm³/mol. The first-order valence-electron chi connectivity index (χ1n) is 8.61. The lowest BCUT2D eigenvalue weighted by Gasteiger charge is -2.12. The minimum Gasteiger partial charge on any atom is -0.479 e. The van der Waals surface area contributed by atoms with Gasteiger partial charge in [0.15, 0.2) is 12.4 Å². The van der Waals surface area contributed by atoms with E-state index in [1.165, 1.54) is 24.3 Å². The zero-order valence-electron chi connectivity index (χ0n) is 15.5. The molecule has 1 fully saturated rings. The Kier molecular flexibility index (Phi) is 7.31. The highest BCUT2D eigenvalue weighted by molar-refractivity contribution is 8.19. The number of hydrogen-bond acceptors (Lipinski definition) is 6. The van der Waals surface area contributed by atoms with Gasteiger partial charge >= 0.3 is 5.97 Å². The van der Waals surface area contributed by atoms with Crippen molar-refractivity contribution < 1.29 is 23.9 Å². The lowest BCUT2D eigenvalue weighted by molar-refractivity contribution is -0.145. The number of nitrogens with zero attached hydrogens (tertiary/aromatic N) is 1. The topological polar surface area (TPSA) is 72.9 Å². The Morgan fingerprint density at radius 2 is 1.83 bits per heavy atom. The SMILES string of the molecule is CCOC(=O)COc1c(Cl)cc(/C=C2/SC(=O)N(c3cccc(Cl)c3)C2=O)cc1Cl. The Morgan fingerprint density at radius 1 is 1.13 bits per heavy atom. The number of halogens is 3. The van der Waals surface area contributed by atoms with E-state index in [2.05, 4.69) is 0 Å². The molecule has 3 rings (SSSR count). The highest BCUT2D eigenvalue weighted by Gasteiger charge is 2.36. The van der Waals surface area contributed by atoms with Crippen molar-refractivity contribution in [2.75, 3.05) is 18.1 Å². The lowest BCUT2D eigenvalue weighted by atomic mass is 10.2. The van der Waals surface area contributed by atoms with E-state index in [0.29, 0.717) is 16.3 Å². The number of anilines is 1. The number of esters is 1. The van der Waals surface area contributed by atoms with Crippen molar-refractivity contribution in [1.82, 2.24) is 0 Å². The highest BCUT2D eigenvalue weighted by atomic mass is 35.5.